The van der Waals surface area contributed by atoms with E-state index in [0.29, 0.717) is 19.4 Å². The summed E-state index contributed by atoms with van der Waals surface area (Å²) in [6.07, 6.45) is 1.24. The molecule has 100 valence electrons. The van der Waals surface area contributed by atoms with Crippen LogP contribution in [0.3, 0.4) is 0 Å². The van der Waals surface area contributed by atoms with Crippen molar-refractivity contribution in [2.75, 3.05) is 13.2 Å². The van der Waals surface area contributed by atoms with Gasteiger partial charge in [0.2, 0.25) is 0 Å². The number of carboxylic acids is 1. The maximum atomic E-state index is 12.3. The van der Waals surface area contributed by atoms with E-state index in [0.717, 1.165) is 15.6 Å². The van der Waals surface area contributed by atoms with Gasteiger partial charge in [0.05, 0.1) is 12.1 Å². The topological polar surface area (TPSA) is 108 Å². The van der Waals surface area contributed by atoms with E-state index in [-0.39, 0.29) is 10.8 Å². The predicted octanol–water partition coefficient (Wildman–Crippen LogP) is -0.0133. The smallest absolute Gasteiger partial charge is 0.356 e. The van der Waals surface area contributed by atoms with Crippen molar-refractivity contribution in [2.24, 2.45) is 0 Å². The zero-order valence-electron chi connectivity index (χ0n) is 9.31. The van der Waals surface area contributed by atoms with Crippen LogP contribution in [0, 0.1) is 0 Å². The van der Waals surface area contributed by atoms with Gasteiger partial charge >= 0.3 is 5.97 Å². The molecule has 1 fully saturated rings. The Hall–Kier alpha value is -1.03. The third-order valence-electron chi connectivity index (χ3n) is 2.81. The first-order chi connectivity index (χ1) is 8.48. The number of hydrogen-bond acceptors (Lipinski definition) is 6. The monoisotopic (exact) mass is 292 g/mol. The van der Waals surface area contributed by atoms with Gasteiger partial charge < -0.3 is 10.2 Å². The second kappa shape index (κ2) is 4.92. The van der Waals surface area contributed by atoms with Crippen molar-refractivity contribution < 1.29 is 23.4 Å². The quantitative estimate of drug-likeness (QED) is 0.808. The van der Waals surface area contributed by atoms with Crippen LogP contribution in [0.2, 0.25) is 0 Å². The molecule has 1 aromatic rings. The number of aromatic carboxylic acids is 1. The number of rotatable bonds is 4. The lowest BCUT2D eigenvalue weighted by Gasteiger charge is -2.21. The Morgan fingerprint density at radius 1 is 1.61 bits per heavy atom. The van der Waals surface area contributed by atoms with E-state index in [1.54, 1.807) is 0 Å². The lowest BCUT2D eigenvalue weighted by molar-refractivity contribution is 0.0687. The minimum absolute atomic E-state index is 0.263. The molecule has 0 saturated carbocycles. The van der Waals surface area contributed by atoms with Crippen LogP contribution in [-0.4, -0.2) is 53.1 Å². The summed E-state index contributed by atoms with van der Waals surface area (Å²) in [6.45, 7) is 0.0327. The van der Waals surface area contributed by atoms with Gasteiger partial charge in [-0.05, 0) is 12.8 Å². The molecule has 18 heavy (non-hydrogen) atoms. The van der Waals surface area contributed by atoms with E-state index in [9.17, 15) is 13.2 Å². The number of aromatic nitrogens is 1. The minimum Gasteiger partial charge on any atom is -0.476 e. The van der Waals surface area contributed by atoms with Crippen LogP contribution in [-0.2, 0) is 10.0 Å². The van der Waals surface area contributed by atoms with Gasteiger partial charge in [-0.2, -0.15) is 4.31 Å². The molecule has 1 saturated heterocycles. The maximum Gasteiger partial charge on any atom is 0.356 e. The lowest BCUT2D eigenvalue weighted by Crippen LogP contribution is -2.37. The molecule has 9 heteroatoms. The van der Waals surface area contributed by atoms with Gasteiger partial charge in [-0.15, -0.1) is 11.3 Å². The number of aliphatic hydroxyl groups excluding tert-OH is 1. The molecule has 1 atom stereocenters. The fourth-order valence-corrected chi connectivity index (χ4v) is 4.92. The van der Waals surface area contributed by atoms with Gasteiger partial charge in [-0.3, -0.25) is 0 Å². The summed E-state index contributed by atoms with van der Waals surface area (Å²) in [7, 11) is -3.88. The Morgan fingerprint density at radius 3 is 2.94 bits per heavy atom. The fraction of sp³-hybridized carbons (Fsp3) is 0.556. The SMILES string of the molecule is O=C(O)c1ncsc1S(=O)(=O)N1CCC[C@H]1CO. The first kappa shape index (κ1) is 13.4. The standard InChI is InChI=1S/C9H12N2O5S2/c12-4-6-2-1-3-11(6)18(15,16)9-7(8(13)14)10-5-17-9/h5-6,12H,1-4H2,(H,13,14)/t6-/m0/s1. The molecule has 2 rings (SSSR count). The molecule has 0 bridgehead atoms. The highest BCUT2D eigenvalue weighted by Crippen LogP contribution is 2.29. The number of nitrogens with zero attached hydrogens (tertiary/aromatic N) is 2. The minimum atomic E-state index is -3.88. The molecule has 0 aliphatic carbocycles. The second-order valence-electron chi connectivity index (χ2n) is 3.89. The van der Waals surface area contributed by atoms with Crippen molar-refractivity contribution in [3.05, 3.63) is 11.2 Å². The largest absolute Gasteiger partial charge is 0.476 e. The Labute approximate surface area is 108 Å². The van der Waals surface area contributed by atoms with Crippen LogP contribution in [0.4, 0.5) is 0 Å². The molecule has 1 aliphatic rings. The van der Waals surface area contributed by atoms with Crippen molar-refractivity contribution in [1.29, 1.82) is 0 Å². The first-order valence-electron chi connectivity index (χ1n) is 5.28. The third kappa shape index (κ3) is 2.14. The molecule has 7 nitrogen and oxygen atoms in total. The highest BCUT2D eigenvalue weighted by atomic mass is 32.2. The van der Waals surface area contributed by atoms with Gasteiger partial charge in [0.1, 0.15) is 0 Å². The zero-order chi connectivity index (χ0) is 13.3. The maximum absolute atomic E-state index is 12.3. The summed E-state index contributed by atoms with van der Waals surface area (Å²) in [6, 6.07) is -0.473. The van der Waals surface area contributed by atoms with E-state index in [1.807, 2.05) is 0 Å². The van der Waals surface area contributed by atoms with E-state index in [4.69, 9.17) is 10.2 Å². The number of aliphatic hydroxyl groups is 1. The molecular weight excluding hydrogens is 280 g/mol. The normalized spacial score (nSPS) is 21.3. The van der Waals surface area contributed by atoms with Crippen molar-refractivity contribution in [3.8, 4) is 0 Å². The number of thiazole rings is 1. The van der Waals surface area contributed by atoms with Crippen LogP contribution in [0.5, 0.6) is 0 Å². The van der Waals surface area contributed by atoms with Crippen molar-refractivity contribution in [1.82, 2.24) is 9.29 Å². The summed E-state index contributed by atoms with van der Waals surface area (Å²) in [4.78, 5) is 14.5. The highest BCUT2D eigenvalue weighted by molar-refractivity contribution is 7.91. The van der Waals surface area contributed by atoms with Crippen molar-refractivity contribution in [3.63, 3.8) is 0 Å². The molecule has 0 aromatic carbocycles. The van der Waals surface area contributed by atoms with Crippen LogP contribution < -0.4 is 0 Å². The van der Waals surface area contributed by atoms with Gasteiger partial charge in [-0.1, -0.05) is 0 Å². The fourth-order valence-electron chi connectivity index (χ4n) is 1.98. The van der Waals surface area contributed by atoms with E-state index < -0.39 is 27.7 Å². The van der Waals surface area contributed by atoms with Gasteiger partial charge in [0.15, 0.2) is 9.90 Å². The Morgan fingerprint density at radius 2 is 2.33 bits per heavy atom. The van der Waals surface area contributed by atoms with Crippen LogP contribution in [0.15, 0.2) is 9.72 Å². The zero-order valence-corrected chi connectivity index (χ0v) is 10.9. The molecule has 0 spiro atoms. The molecule has 1 aromatic heterocycles. The average Bonchev–Trinajstić information content (AvgIpc) is 2.98. The lowest BCUT2D eigenvalue weighted by atomic mass is 10.2. The molecule has 2 heterocycles. The Bertz CT molecular complexity index is 553. The summed E-state index contributed by atoms with van der Waals surface area (Å²) in [5, 5.41) is 18.0. The molecular formula is C9H12N2O5S2. The van der Waals surface area contributed by atoms with E-state index in [1.165, 1.54) is 5.51 Å². The van der Waals surface area contributed by atoms with Gasteiger partial charge in [0.25, 0.3) is 10.0 Å². The average molecular weight is 292 g/mol. The summed E-state index contributed by atoms with van der Waals surface area (Å²) >= 11 is 0.781. The van der Waals surface area contributed by atoms with Crippen molar-refractivity contribution >= 4 is 27.3 Å². The Kier molecular flexibility index (Phi) is 3.66. The van der Waals surface area contributed by atoms with Gasteiger partial charge in [-0.25, -0.2) is 18.2 Å². The number of carbonyl (C=O) groups is 1. The molecule has 1 aliphatic heterocycles. The number of carboxylic acid groups (broad SMARTS) is 1. The molecule has 0 radical (unpaired) electrons. The van der Waals surface area contributed by atoms with E-state index in [2.05, 4.69) is 4.98 Å². The molecule has 0 unspecified atom stereocenters. The van der Waals surface area contributed by atoms with Crippen LogP contribution in [0.25, 0.3) is 0 Å². The number of hydrogen-bond donors (Lipinski definition) is 2. The van der Waals surface area contributed by atoms with Gasteiger partial charge in [0, 0.05) is 12.6 Å². The summed E-state index contributed by atoms with van der Waals surface area (Å²) in [5.41, 5.74) is 0.740. The summed E-state index contributed by atoms with van der Waals surface area (Å²) in [5.74, 6) is -1.37. The molecule has 2 N–H and O–H groups in total. The summed E-state index contributed by atoms with van der Waals surface area (Å²) < 4.78 is 25.5. The predicted molar refractivity (Wildman–Crippen MR) is 63.1 cm³/mol. The van der Waals surface area contributed by atoms with Crippen LogP contribution in [0.1, 0.15) is 23.3 Å². The number of sulfonamides is 1. The van der Waals surface area contributed by atoms with Crippen LogP contribution >= 0.6 is 11.3 Å². The Balaban J connectivity index is 2.42. The third-order valence-corrected chi connectivity index (χ3v) is 6.11. The van der Waals surface area contributed by atoms with Crippen molar-refractivity contribution in [2.45, 2.75) is 23.1 Å². The van der Waals surface area contributed by atoms with E-state index >= 15 is 0 Å². The second-order valence-corrected chi connectivity index (χ2v) is 6.83. The highest BCUT2D eigenvalue weighted by Gasteiger charge is 2.38. The first-order valence-corrected chi connectivity index (χ1v) is 7.60. The molecule has 0 amide bonds.